The first-order valence-electron chi connectivity index (χ1n) is 13.4. The lowest BCUT2D eigenvalue weighted by molar-refractivity contribution is -0.185. The summed E-state index contributed by atoms with van der Waals surface area (Å²) in [4.78, 5) is 0. The van der Waals surface area contributed by atoms with E-state index in [2.05, 4.69) is 26.0 Å². The van der Waals surface area contributed by atoms with Gasteiger partial charge in [-0.3, -0.25) is 0 Å². The van der Waals surface area contributed by atoms with Crippen LogP contribution >= 0.6 is 0 Å². The van der Waals surface area contributed by atoms with E-state index in [0.717, 1.165) is 51.4 Å². The molecule has 6 atom stereocenters. The Morgan fingerprint density at radius 3 is 1.50 bits per heavy atom. The predicted molar refractivity (Wildman–Crippen MR) is 135 cm³/mol. The van der Waals surface area contributed by atoms with Crippen molar-refractivity contribution in [2.24, 2.45) is 10.8 Å². The summed E-state index contributed by atoms with van der Waals surface area (Å²) in [6, 6.07) is 0. The van der Waals surface area contributed by atoms with Gasteiger partial charge in [-0.2, -0.15) is 0 Å². The summed E-state index contributed by atoms with van der Waals surface area (Å²) in [6.45, 7) is 13.5. The highest BCUT2D eigenvalue weighted by Gasteiger charge is 2.42. The second-order valence-corrected chi connectivity index (χ2v) is 10.5. The van der Waals surface area contributed by atoms with E-state index in [9.17, 15) is 10.2 Å². The first kappa shape index (κ1) is 29.5. The van der Waals surface area contributed by atoms with Gasteiger partial charge >= 0.3 is 0 Å². The van der Waals surface area contributed by atoms with Gasteiger partial charge in [0.05, 0.1) is 25.4 Å². The zero-order valence-electron chi connectivity index (χ0n) is 22.5. The molecule has 6 nitrogen and oxygen atoms in total. The van der Waals surface area contributed by atoms with Crippen LogP contribution in [0.4, 0.5) is 0 Å². The minimum Gasteiger partial charge on any atom is -0.396 e. The highest BCUT2D eigenvalue weighted by Crippen LogP contribution is 2.43. The van der Waals surface area contributed by atoms with Crippen LogP contribution in [0.5, 0.6) is 0 Å². The van der Waals surface area contributed by atoms with Crippen LogP contribution in [0, 0.1) is 10.8 Å². The third-order valence-corrected chi connectivity index (χ3v) is 7.53. The molecule has 198 valence electrons. The summed E-state index contributed by atoms with van der Waals surface area (Å²) in [5.41, 5.74) is 1.98. The number of aliphatic hydroxyl groups is 2. The molecule has 0 aromatic heterocycles. The highest BCUT2D eigenvalue weighted by molar-refractivity contribution is 5.19. The molecule has 0 amide bonds. The summed E-state index contributed by atoms with van der Waals surface area (Å²) in [5.74, 6) is 0. The fourth-order valence-electron chi connectivity index (χ4n) is 5.53. The third-order valence-electron chi connectivity index (χ3n) is 7.53. The van der Waals surface area contributed by atoms with Crippen molar-refractivity contribution in [1.82, 2.24) is 0 Å². The zero-order chi connectivity index (χ0) is 25.2. The fourth-order valence-corrected chi connectivity index (χ4v) is 5.53. The van der Waals surface area contributed by atoms with Crippen molar-refractivity contribution in [1.29, 1.82) is 0 Å². The molecule has 2 saturated carbocycles. The topological polar surface area (TPSA) is 77.4 Å². The molecular formula is C28H50O6. The van der Waals surface area contributed by atoms with Gasteiger partial charge in [0.25, 0.3) is 0 Å². The average Bonchev–Trinajstić information content (AvgIpc) is 2.81. The van der Waals surface area contributed by atoms with Crippen molar-refractivity contribution in [3.63, 3.8) is 0 Å². The Hall–Kier alpha value is -0.760. The molecule has 0 heterocycles. The smallest absolute Gasteiger partial charge is 0.155 e. The molecule has 0 aromatic carbocycles. The van der Waals surface area contributed by atoms with E-state index in [0.29, 0.717) is 13.2 Å². The maximum Gasteiger partial charge on any atom is 0.155 e. The normalized spacial score (nSPS) is 34.5. The van der Waals surface area contributed by atoms with Crippen LogP contribution in [0.25, 0.3) is 0 Å². The predicted octanol–water partition coefficient (Wildman–Crippen LogP) is 5.52. The molecule has 2 rings (SSSR count). The minimum absolute atomic E-state index is 0.106. The van der Waals surface area contributed by atoms with E-state index in [4.69, 9.17) is 18.9 Å². The lowest BCUT2D eigenvalue weighted by atomic mass is 9.70. The van der Waals surface area contributed by atoms with Gasteiger partial charge in [0, 0.05) is 24.0 Å². The molecule has 2 aliphatic carbocycles. The van der Waals surface area contributed by atoms with E-state index in [1.54, 1.807) is 0 Å². The van der Waals surface area contributed by atoms with Crippen LogP contribution in [0.1, 0.15) is 92.9 Å². The first-order chi connectivity index (χ1) is 16.2. The standard InChI is InChI=1S/C28H50O6/c1-7-31-21(3)33-25-23(15-11-17-27(25,5)19-29)13-9-10-14-24-16-12-18-28(6,20-30)26(24)34-22(4)32-8-2/h13-14,21-22,25-26,29-30H,7-12,15-20H2,1-6H3/b23-13-,24-14-/t21?,22?,25-,26+,27-,28+. The largest absolute Gasteiger partial charge is 0.396 e. The Morgan fingerprint density at radius 1 is 0.794 bits per heavy atom. The monoisotopic (exact) mass is 482 g/mol. The summed E-state index contributed by atoms with van der Waals surface area (Å²) < 4.78 is 23.9. The Bertz CT molecular complexity index is 605. The molecule has 0 spiro atoms. The maximum atomic E-state index is 10.1. The van der Waals surface area contributed by atoms with Crippen LogP contribution in [0.3, 0.4) is 0 Å². The summed E-state index contributed by atoms with van der Waals surface area (Å²) in [5, 5.41) is 20.3. The van der Waals surface area contributed by atoms with Crippen LogP contribution in [-0.4, -0.2) is 61.4 Å². The average molecular weight is 483 g/mol. The molecule has 0 aliphatic heterocycles. The quantitative estimate of drug-likeness (QED) is 0.204. The van der Waals surface area contributed by atoms with Crippen LogP contribution in [-0.2, 0) is 18.9 Å². The maximum absolute atomic E-state index is 10.1. The molecule has 0 aromatic rings. The van der Waals surface area contributed by atoms with Gasteiger partial charge in [0.1, 0.15) is 0 Å². The van der Waals surface area contributed by atoms with Gasteiger partial charge in [0.2, 0.25) is 0 Å². The Balaban J connectivity index is 2.12. The molecule has 0 radical (unpaired) electrons. The lowest BCUT2D eigenvalue weighted by Crippen LogP contribution is -2.44. The van der Waals surface area contributed by atoms with Crippen LogP contribution < -0.4 is 0 Å². The number of ether oxygens (including phenoxy) is 4. The van der Waals surface area contributed by atoms with E-state index in [1.807, 2.05) is 27.7 Å². The van der Waals surface area contributed by atoms with Crippen molar-refractivity contribution < 1.29 is 29.2 Å². The number of allylic oxidation sites excluding steroid dienone is 2. The second-order valence-electron chi connectivity index (χ2n) is 10.5. The van der Waals surface area contributed by atoms with E-state index < -0.39 is 0 Å². The van der Waals surface area contributed by atoms with Crippen molar-refractivity contribution in [3.05, 3.63) is 23.3 Å². The van der Waals surface area contributed by atoms with Crippen LogP contribution in [0.15, 0.2) is 23.3 Å². The van der Waals surface area contributed by atoms with Gasteiger partial charge in [-0.05, 0) is 90.2 Å². The molecule has 34 heavy (non-hydrogen) atoms. The third kappa shape index (κ3) is 7.87. The number of aliphatic hydroxyl groups excluding tert-OH is 2. The molecular weight excluding hydrogens is 432 g/mol. The number of hydrogen-bond donors (Lipinski definition) is 2. The zero-order valence-corrected chi connectivity index (χ0v) is 22.5. The molecule has 0 bridgehead atoms. The van der Waals surface area contributed by atoms with Gasteiger partial charge in [0.15, 0.2) is 12.6 Å². The van der Waals surface area contributed by atoms with Crippen LogP contribution in [0.2, 0.25) is 0 Å². The van der Waals surface area contributed by atoms with Crippen molar-refractivity contribution in [2.75, 3.05) is 26.4 Å². The Kier molecular flexibility index (Phi) is 12.2. The number of hydrogen-bond acceptors (Lipinski definition) is 6. The van der Waals surface area contributed by atoms with E-state index in [1.165, 1.54) is 11.1 Å². The van der Waals surface area contributed by atoms with Crippen molar-refractivity contribution in [3.8, 4) is 0 Å². The van der Waals surface area contributed by atoms with Gasteiger partial charge in [-0.25, -0.2) is 0 Å². The molecule has 2 fully saturated rings. The first-order valence-corrected chi connectivity index (χ1v) is 13.4. The molecule has 6 heteroatoms. The van der Waals surface area contributed by atoms with Crippen molar-refractivity contribution in [2.45, 2.75) is 118 Å². The van der Waals surface area contributed by atoms with Crippen molar-refractivity contribution >= 4 is 0 Å². The minimum atomic E-state index is -0.298. The van der Waals surface area contributed by atoms with E-state index in [-0.39, 0.29) is 48.8 Å². The molecule has 2 unspecified atom stereocenters. The Morgan fingerprint density at radius 2 is 1.18 bits per heavy atom. The second kappa shape index (κ2) is 14.1. The van der Waals surface area contributed by atoms with E-state index >= 15 is 0 Å². The summed E-state index contributed by atoms with van der Waals surface area (Å²) in [6.07, 6.45) is 11.6. The van der Waals surface area contributed by atoms with Gasteiger partial charge in [-0.1, -0.05) is 26.0 Å². The van der Waals surface area contributed by atoms with Gasteiger partial charge in [-0.15, -0.1) is 0 Å². The Labute approximate surface area is 207 Å². The molecule has 2 N–H and O–H groups in total. The highest BCUT2D eigenvalue weighted by atomic mass is 16.7. The molecule has 0 saturated heterocycles. The summed E-state index contributed by atoms with van der Waals surface area (Å²) >= 11 is 0. The van der Waals surface area contributed by atoms with Gasteiger partial charge < -0.3 is 29.2 Å². The SMILES string of the molecule is CCOC(C)O[C@@H]1/C(=C\CC/C=C2/CCC[C@@](C)(CO)[C@H]2OC(C)OCC)CCC[C@]1(C)CO. The fraction of sp³-hybridized carbons (Fsp3) is 0.857. The number of unbranched alkanes of at least 4 members (excludes halogenated alkanes) is 1. The number of rotatable bonds is 13. The molecule has 2 aliphatic rings. The lowest BCUT2D eigenvalue weighted by Gasteiger charge is -2.43. The summed E-state index contributed by atoms with van der Waals surface area (Å²) in [7, 11) is 0.